The van der Waals surface area contributed by atoms with Crippen molar-refractivity contribution in [3.05, 3.63) is 35.4 Å². The van der Waals surface area contributed by atoms with Gasteiger partial charge in [-0.1, -0.05) is 6.07 Å². The van der Waals surface area contributed by atoms with E-state index in [-0.39, 0.29) is 19.0 Å². The maximum absolute atomic E-state index is 13.3. The Labute approximate surface area is 122 Å². The summed E-state index contributed by atoms with van der Waals surface area (Å²) in [6.07, 6.45) is 1.10. The van der Waals surface area contributed by atoms with Crippen LogP contribution in [0.15, 0.2) is 18.2 Å². The van der Waals surface area contributed by atoms with E-state index in [1.165, 1.54) is 6.07 Å². The van der Waals surface area contributed by atoms with E-state index >= 15 is 0 Å². The van der Waals surface area contributed by atoms with Gasteiger partial charge >= 0.3 is 0 Å². The molecule has 21 heavy (non-hydrogen) atoms. The zero-order valence-electron chi connectivity index (χ0n) is 11.8. The highest BCUT2D eigenvalue weighted by Gasteiger charge is 2.16. The van der Waals surface area contributed by atoms with E-state index in [1.54, 1.807) is 7.05 Å². The lowest BCUT2D eigenvalue weighted by molar-refractivity contribution is -0.121. The van der Waals surface area contributed by atoms with E-state index in [4.69, 9.17) is 0 Å². The highest BCUT2D eigenvalue weighted by molar-refractivity contribution is 5.94. The highest BCUT2D eigenvalue weighted by Crippen LogP contribution is 2.11. The van der Waals surface area contributed by atoms with E-state index < -0.39 is 23.1 Å². The van der Waals surface area contributed by atoms with E-state index in [2.05, 4.69) is 16.0 Å². The second kappa shape index (κ2) is 9.02. The lowest BCUT2D eigenvalue weighted by atomic mass is 10.2. The molecule has 1 aromatic rings. The molecule has 116 valence electrons. The van der Waals surface area contributed by atoms with Crippen LogP contribution in [-0.2, 0) is 4.79 Å². The number of nitrogens with one attached hydrogen (secondary N) is 3. The van der Waals surface area contributed by atoms with Gasteiger partial charge in [0.15, 0.2) is 0 Å². The van der Waals surface area contributed by atoms with Crippen LogP contribution in [0.3, 0.4) is 0 Å². The van der Waals surface area contributed by atoms with Crippen LogP contribution in [0.4, 0.5) is 8.78 Å². The molecule has 0 aliphatic carbocycles. The molecule has 0 aliphatic rings. The average molecular weight is 299 g/mol. The van der Waals surface area contributed by atoms with Gasteiger partial charge in [-0.2, -0.15) is 0 Å². The zero-order chi connectivity index (χ0) is 15.7. The molecule has 0 saturated heterocycles. The average Bonchev–Trinajstić information content (AvgIpc) is 2.44. The molecule has 0 radical (unpaired) electrons. The standard InChI is InChI=1S/C14H19F2N3O2/c1-17-7-3-6-12(20)18-8-9-19-14(21)13-10(15)4-2-5-11(13)16/h2,4-5,17H,3,6-9H2,1H3,(H,18,20)(H,19,21). The van der Waals surface area contributed by atoms with Crippen molar-refractivity contribution in [1.82, 2.24) is 16.0 Å². The second-order valence-corrected chi connectivity index (χ2v) is 4.41. The SMILES string of the molecule is CNCCCC(=O)NCCNC(=O)c1c(F)cccc1F. The molecule has 0 unspecified atom stereocenters. The minimum Gasteiger partial charge on any atom is -0.354 e. The number of amides is 2. The number of hydrogen-bond donors (Lipinski definition) is 3. The molecular weight excluding hydrogens is 280 g/mol. The minimum atomic E-state index is -0.913. The van der Waals surface area contributed by atoms with Crippen molar-refractivity contribution in [2.24, 2.45) is 0 Å². The molecule has 0 aromatic heterocycles. The molecule has 0 aliphatic heterocycles. The van der Waals surface area contributed by atoms with Gasteiger partial charge in [0, 0.05) is 19.5 Å². The Hall–Kier alpha value is -2.02. The molecule has 0 bridgehead atoms. The van der Waals surface area contributed by atoms with E-state index in [9.17, 15) is 18.4 Å². The summed E-state index contributed by atoms with van der Waals surface area (Å²) in [5.74, 6) is -2.79. The molecule has 0 saturated carbocycles. The second-order valence-electron chi connectivity index (χ2n) is 4.41. The fourth-order valence-electron chi connectivity index (χ4n) is 1.70. The predicted molar refractivity (Wildman–Crippen MR) is 74.9 cm³/mol. The number of carbonyl (C=O) groups excluding carboxylic acids is 2. The fraction of sp³-hybridized carbons (Fsp3) is 0.429. The molecular formula is C14H19F2N3O2. The van der Waals surface area contributed by atoms with Crippen molar-refractivity contribution >= 4 is 11.8 Å². The topological polar surface area (TPSA) is 70.2 Å². The Morgan fingerprint density at radius 1 is 1.05 bits per heavy atom. The van der Waals surface area contributed by atoms with Crippen molar-refractivity contribution in [1.29, 1.82) is 0 Å². The number of hydrogen-bond acceptors (Lipinski definition) is 3. The van der Waals surface area contributed by atoms with Crippen LogP contribution in [0.2, 0.25) is 0 Å². The van der Waals surface area contributed by atoms with Crippen LogP contribution in [0.25, 0.3) is 0 Å². The first-order valence-electron chi connectivity index (χ1n) is 6.69. The van der Waals surface area contributed by atoms with E-state index in [1.807, 2.05) is 0 Å². The first-order chi connectivity index (χ1) is 10.1. The van der Waals surface area contributed by atoms with Crippen LogP contribution in [0.5, 0.6) is 0 Å². The van der Waals surface area contributed by atoms with Crippen LogP contribution < -0.4 is 16.0 Å². The van der Waals surface area contributed by atoms with Gasteiger partial charge in [-0.05, 0) is 32.1 Å². The summed E-state index contributed by atoms with van der Waals surface area (Å²) >= 11 is 0. The van der Waals surface area contributed by atoms with Crippen molar-refractivity contribution < 1.29 is 18.4 Å². The third kappa shape index (κ3) is 5.86. The lowest BCUT2D eigenvalue weighted by Gasteiger charge is -2.08. The summed E-state index contributed by atoms with van der Waals surface area (Å²) in [6, 6.07) is 3.22. The van der Waals surface area contributed by atoms with Crippen LogP contribution in [-0.4, -0.2) is 38.5 Å². The Kier molecular flexibility index (Phi) is 7.31. The molecule has 0 spiro atoms. The quantitative estimate of drug-likeness (QED) is 0.622. The molecule has 3 N–H and O–H groups in total. The normalized spacial score (nSPS) is 10.2. The Morgan fingerprint density at radius 3 is 2.29 bits per heavy atom. The monoisotopic (exact) mass is 299 g/mol. The summed E-state index contributed by atoms with van der Waals surface area (Å²) in [6.45, 7) is 1.06. The first-order valence-corrected chi connectivity index (χ1v) is 6.69. The fourth-order valence-corrected chi connectivity index (χ4v) is 1.70. The maximum atomic E-state index is 13.3. The molecule has 5 nitrogen and oxygen atoms in total. The summed E-state index contributed by atoms with van der Waals surface area (Å²) in [5.41, 5.74) is -0.613. The van der Waals surface area contributed by atoms with Crippen molar-refractivity contribution in [3.8, 4) is 0 Å². The third-order valence-corrected chi connectivity index (χ3v) is 2.75. The molecule has 0 heterocycles. The lowest BCUT2D eigenvalue weighted by Crippen LogP contribution is -2.35. The predicted octanol–water partition coefficient (Wildman–Crippen LogP) is 0.810. The number of halogens is 2. The molecule has 7 heteroatoms. The van der Waals surface area contributed by atoms with Crippen molar-refractivity contribution in [3.63, 3.8) is 0 Å². The van der Waals surface area contributed by atoms with Gasteiger partial charge in [0.2, 0.25) is 5.91 Å². The van der Waals surface area contributed by atoms with Gasteiger partial charge in [0.1, 0.15) is 17.2 Å². The van der Waals surface area contributed by atoms with Crippen LogP contribution in [0, 0.1) is 11.6 Å². The van der Waals surface area contributed by atoms with Gasteiger partial charge in [0.05, 0.1) is 0 Å². The van der Waals surface area contributed by atoms with Crippen LogP contribution in [0.1, 0.15) is 23.2 Å². The van der Waals surface area contributed by atoms with Crippen molar-refractivity contribution in [2.45, 2.75) is 12.8 Å². The van der Waals surface area contributed by atoms with Crippen LogP contribution >= 0.6 is 0 Å². The number of carbonyl (C=O) groups is 2. The van der Waals surface area contributed by atoms with Gasteiger partial charge in [-0.25, -0.2) is 8.78 Å². The van der Waals surface area contributed by atoms with E-state index in [0.717, 1.165) is 25.1 Å². The van der Waals surface area contributed by atoms with Gasteiger partial charge in [-0.15, -0.1) is 0 Å². The summed E-state index contributed by atoms with van der Waals surface area (Å²) in [7, 11) is 1.80. The Balaban J connectivity index is 2.30. The summed E-state index contributed by atoms with van der Waals surface area (Å²) in [5, 5.41) is 7.89. The van der Waals surface area contributed by atoms with Gasteiger partial charge < -0.3 is 16.0 Å². The third-order valence-electron chi connectivity index (χ3n) is 2.75. The molecule has 1 aromatic carbocycles. The Bertz CT molecular complexity index is 475. The number of rotatable bonds is 8. The maximum Gasteiger partial charge on any atom is 0.257 e. The highest BCUT2D eigenvalue weighted by atomic mass is 19.1. The summed E-state index contributed by atoms with van der Waals surface area (Å²) in [4.78, 5) is 23.0. The van der Waals surface area contributed by atoms with Gasteiger partial charge in [-0.3, -0.25) is 9.59 Å². The molecule has 2 amide bonds. The molecule has 0 fully saturated rings. The number of benzene rings is 1. The minimum absolute atomic E-state index is 0.102. The zero-order valence-corrected chi connectivity index (χ0v) is 11.8. The first kappa shape index (κ1) is 17.0. The molecule has 0 atom stereocenters. The van der Waals surface area contributed by atoms with E-state index in [0.29, 0.717) is 6.42 Å². The summed E-state index contributed by atoms with van der Waals surface area (Å²) < 4.78 is 26.7. The largest absolute Gasteiger partial charge is 0.354 e. The van der Waals surface area contributed by atoms with Gasteiger partial charge in [0.25, 0.3) is 5.91 Å². The van der Waals surface area contributed by atoms with Crippen molar-refractivity contribution in [2.75, 3.05) is 26.7 Å². The Morgan fingerprint density at radius 2 is 1.67 bits per heavy atom. The smallest absolute Gasteiger partial charge is 0.257 e. The molecule has 1 rings (SSSR count).